The Kier molecular flexibility index (Phi) is 7.36. The molecule has 8 heteroatoms. The minimum atomic E-state index is -1.66. The van der Waals surface area contributed by atoms with Crippen LogP contribution in [0.2, 0.25) is 0 Å². The van der Waals surface area contributed by atoms with E-state index in [1.165, 1.54) is 6.92 Å². The molecule has 0 aliphatic heterocycles. The van der Waals surface area contributed by atoms with Gasteiger partial charge < -0.3 is 20.0 Å². The topological polar surface area (TPSA) is 106 Å². The lowest BCUT2D eigenvalue weighted by molar-refractivity contribution is -0.144. The van der Waals surface area contributed by atoms with Crippen molar-refractivity contribution in [3.8, 4) is 5.75 Å². The Morgan fingerprint density at radius 2 is 1.87 bits per heavy atom. The van der Waals surface area contributed by atoms with Crippen LogP contribution in [0.3, 0.4) is 0 Å². The number of hydrogen-bond acceptors (Lipinski definition) is 5. The Balaban J connectivity index is 2.33. The number of hydrogen-bond donors (Lipinski definition) is 2. The van der Waals surface area contributed by atoms with E-state index < -0.39 is 22.8 Å². The van der Waals surface area contributed by atoms with Crippen molar-refractivity contribution in [2.24, 2.45) is 5.41 Å². The molecule has 0 spiro atoms. The number of carboxylic acids is 1. The monoisotopic (exact) mass is 476 g/mol. The van der Waals surface area contributed by atoms with Crippen LogP contribution >= 0.6 is 15.9 Å². The first-order chi connectivity index (χ1) is 14.0. The summed E-state index contributed by atoms with van der Waals surface area (Å²) >= 11 is 3.23. The second kappa shape index (κ2) is 9.38. The van der Waals surface area contributed by atoms with Crippen LogP contribution in [0, 0.1) is 12.3 Å². The van der Waals surface area contributed by atoms with Gasteiger partial charge in [0.15, 0.2) is 17.0 Å². The van der Waals surface area contributed by atoms with Gasteiger partial charge in [-0.05, 0) is 59.5 Å². The Hall–Kier alpha value is -2.74. The molecule has 160 valence electrons. The molecule has 1 aromatic carbocycles. The van der Waals surface area contributed by atoms with E-state index in [4.69, 9.17) is 4.74 Å². The third-order valence-electron chi connectivity index (χ3n) is 4.84. The largest absolute Gasteiger partial charge is 0.491 e. The number of nitrogens with zero attached hydrogens (tertiary/aromatic N) is 1. The molecule has 0 saturated carbocycles. The van der Waals surface area contributed by atoms with E-state index in [0.717, 1.165) is 11.8 Å². The van der Waals surface area contributed by atoms with Crippen molar-refractivity contribution in [3.05, 3.63) is 57.8 Å². The number of aldehydes is 1. The number of nitrogens with one attached hydrogen (secondary N) is 1. The van der Waals surface area contributed by atoms with Gasteiger partial charge in [0, 0.05) is 5.41 Å². The zero-order chi connectivity index (χ0) is 22.5. The molecule has 2 rings (SSSR count). The molecule has 7 nitrogen and oxygen atoms in total. The number of carboxylic acid groups (broad SMARTS) is 1. The van der Waals surface area contributed by atoms with Crippen molar-refractivity contribution in [2.75, 3.05) is 6.61 Å². The highest BCUT2D eigenvalue weighted by Crippen LogP contribution is 2.27. The van der Waals surface area contributed by atoms with Gasteiger partial charge in [0.05, 0.1) is 6.61 Å². The van der Waals surface area contributed by atoms with Gasteiger partial charge in [-0.25, -0.2) is 9.78 Å². The van der Waals surface area contributed by atoms with Gasteiger partial charge in [-0.3, -0.25) is 4.79 Å². The van der Waals surface area contributed by atoms with Crippen LogP contribution in [0.15, 0.2) is 41.0 Å². The predicted molar refractivity (Wildman–Crippen MR) is 116 cm³/mol. The van der Waals surface area contributed by atoms with Gasteiger partial charge in [-0.15, -0.1) is 0 Å². The molecule has 0 unspecified atom stereocenters. The van der Waals surface area contributed by atoms with E-state index in [-0.39, 0.29) is 18.1 Å². The number of halogens is 1. The van der Waals surface area contributed by atoms with Crippen molar-refractivity contribution < 1.29 is 24.2 Å². The SMILES string of the molecule is Cc1ccccc1[C@](C)(NC(=O)c1nc(Br)ccc1OCCC(C)(C)C=O)C(=O)O. The van der Waals surface area contributed by atoms with Crippen molar-refractivity contribution in [2.45, 2.75) is 39.7 Å². The molecule has 1 heterocycles. The average Bonchev–Trinajstić information content (AvgIpc) is 2.69. The number of aromatic nitrogens is 1. The van der Waals surface area contributed by atoms with Crippen LogP contribution in [-0.4, -0.2) is 34.9 Å². The second-order valence-electron chi connectivity index (χ2n) is 7.88. The van der Waals surface area contributed by atoms with E-state index in [1.54, 1.807) is 57.2 Å². The van der Waals surface area contributed by atoms with Gasteiger partial charge >= 0.3 is 5.97 Å². The number of carbonyl (C=O) groups excluding carboxylic acids is 2. The molecule has 2 N–H and O–H groups in total. The van der Waals surface area contributed by atoms with E-state index >= 15 is 0 Å². The van der Waals surface area contributed by atoms with Crippen LogP contribution < -0.4 is 10.1 Å². The normalized spacial score (nSPS) is 13.2. The summed E-state index contributed by atoms with van der Waals surface area (Å²) in [6.45, 7) is 6.99. The van der Waals surface area contributed by atoms with Gasteiger partial charge in [-0.1, -0.05) is 38.1 Å². The maximum Gasteiger partial charge on any atom is 0.333 e. The summed E-state index contributed by atoms with van der Waals surface area (Å²) in [5, 5.41) is 12.5. The van der Waals surface area contributed by atoms with Crippen LogP contribution in [0.4, 0.5) is 0 Å². The molecule has 1 atom stereocenters. The summed E-state index contributed by atoms with van der Waals surface area (Å²) in [6, 6.07) is 10.2. The van der Waals surface area contributed by atoms with Crippen molar-refractivity contribution >= 4 is 34.1 Å². The van der Waals surface area contributed by atoms with Crippen molar-refractivity contribution in [1.82, 2.24) is 10.3 Å². The van der Waals surface area contributed by atoms with E-state index in [9.17, 15) is 19.5 Å². The van der Waals surface area contributed by atoms with Gasteiger partial charge in [-0.2, -0.15) is 0 Å². The zero-order valence-electron chi connectivity index (χ0n) is 17.4. The second-order valence-corrected chi connectivity index (χ2v) is 8.70. The first-order valence-corrected chi connectivity index (χ1v) is 10.2. The number of ether oxygens (including phenoxy) is 1. The van der Waals surface area contributed by atoms with E-state index in [1.807, 2.05) is 0 Å². The Morgan fingerprint density at radius 3 is 2.47 bits per heavy atom. The molecule has 0 bridgehead atoms. The quantitative estimate of drug-likeness (QED) is 0.420. The number of rotatable bonds is 9. The fraction of sp³-hybridized carbons (Fsp3) is 0.364. The molecule has 0 aliphatic rings. The number of pyridine rings is 1. The fourth-order valence-corrected chi connectivity index (χ4v) is 3.15. The molecule has 0 fully saturated rings. The number of aryl methyl sites for hydroxylation is 1. The van der Waals surface area contributed by atoms with Crippen molar-refractivity contribution in [1.29, 1.82) is 0 Å². The highest BCUT2D eigenvalue weighted by molar-refractivity contribution is 9.10. The van der Waals surface area contributed by atoms with Crippen LogP contribution in [-0.2, 0) is 15.1 Å². The van der Waals surface area contributed by atoms with E-state index in [0.29, 0.717) is 16.6 Å². The van der Waals surface area contributed by atoms with Gasteiger partial charge in [0.1, 0.15) is 10.9 Å². The molecule has 0 aliphatic carbocycles. The van der Waals surface area contributed by atoms with Crippen LogP contribution in [0.5, 0.6) is 5.75 Å². The molecule has 2 aromatic rings. The fourth-order valence-electron chi connectivity index (χ4n) is 2.84. The Morgan fingerprint density at radius 1 is 1.20 bits per heavy atom. The number of benzene rings is 1. The number of aliphatic carboxylic acids is 1. The molecule has 30 heavy (non-hydrogen) atoms. The minimum Gasteiger partial charge on any atom is -0.491 e. The summed E-state index contributed by atoms with van der Waals surface area (Å²) in [5.74, 6) is -1.68. The highest BCUT2D eigenvalue weighted by Gasteiger charge is 2.39. The Bertz CT molecular complexity index is 960. The lowest BCUT2D eigenvalue weighted by atomic mass is 9.88. The third kappa shape index (κ3) is 5.44. The van der Waals surface area contributed by atoms with Crippen LogP contribution in [0.25, 0.3) is 0 Å². The van der Waals surface area contributed by atoms with Crippen molar-refractivity contribution in [3.63, 3.8) is 0 Å². The summed E-state index contributed by atoms with van der Waals surface area (Å²) in [7, 11) is 0. The third-order valence-corrected chi connectivity index (χ3v) is 5.28. The summed E-state index contributed by atoms with van der Waals surface area (Å²) in [5.41, 5.74) is -1.07. The zero-order valence-corrected chi connectivity index (χ0v) is 18.9. The molecule has 1 aromatic heterocycles. The predicted octanol–water partition coefficient (Wildman–Crippen LogP) is 3.88. The lowest BCUT2D eigenvalue weighted by Gasteiger charge is -2.28. The minimum absolute atomic E-state index is 0.0469. The van der Waals surface area contributed by atoms with E-state index in [2.05, 4.69) is 26.2 Å². The van der Waals surface area contributed by atoms with Gasteiger partial charge in [0.25, 0.3) is 5.91 Å². The molecular weight excluding hydrogens is 452 g/mol. The summed E-state index contributed by atoms with van der Waals surface area (Å²) in [6.07, 6.45) is 1.30. The maximum atomic E-state index is 13.0. The molecule has 0 radical (unpaired) electrons. The highest BCUT2D eigenvalue weighted by atomic mass is 79.9. The molecule has 1 amide bonds. The average molecular weight is 477 g/mol. The lowest BCUT2D eigenvalue weighted by Crippen LogP contribution is -2.50. The Labute approximate surface area is 184 Å². The molecule has 0 saturated heterocycles. The number of amides is 1. The summed E-state index contributed by atoms with van der Waals surface area (Å²) < 4.78 is 6.11. The molecular formula is C22H25BrN2O5. The van der Waals surface area contributed by atoms with Gasteiger partial charge in [0.2, 0.25) is 0 Å². The standard InChI is InChI=1S/C22H25BrN2O5/c1-14-7-5-6-8-15(14)22(4,20(28)29)25-19(27)18-16(9-10-17(23)24-18)30-12-11-21(2,3)13-26/h5-10,13H,11-12H2,1-4H3,(H,25,27)(H,28,29)/t22-/m0/s1. The van der Waals surface area contributed by atoms with Crippen LogP contribution in [0.1, 0.15) is 48.8 Å². The summed E-state index contributed by atoms with van der Waals surface area (Å²) in [4.78, 5) is 40.4. The smallest absolute Gasteiger partial charge is 0.333 e. The first-order valence-electron chi connectivity index (χ1n) is 9.38. The maximum absolute atomic E-state index is 13.0. The first kappa shape index (κ1) is 23.5. The number of carbonyl (C=O) groups is 3.